The Morgan fingerprint density at radius 3 is 2.06 bits per heavy atom. The van der Waals surface area contributed by atoms with E-state index in [1.807, 2.05) is 78.9 Å². The fraction of sp³-hybridized carbons (Fsp3) is 0.343. The van der Waals surface area contributed by atoms with Crippen molar-refractivity contribution < 1.29 is 37.4 Å². The van der Waals surface area contributed by atoms with E-state index in [1.54, 1.807) is 32.6 Å². The van der Waals surface area contributed by atoms with Crippen LogP contribution in [0.2, 0.25) is 0 Å². The summed E-state index contributed by atoms with van der Waals surface area (Å²) in [6.45, 7) is 3.75. The van der Waals surface area contributed by atoms with E-state index in [9.17, 15) is 9.69 Å². The first-order chi connectivity index (χ1) is 25.5. The van der Waals surface area contributed by atoms with Crippen LogP contribution in [0.5, 0.6) is 11.5 Å². The van der Waals surface area contributed by atoms with Crippen molar-refractivity contribution in [3.63, 3.8) is 0 Å². The van der Waals surface area contributed by atoms with E-state index in [1.165, 1.54) is 6.33 Å². The normalized spacial score (nSPS) is 18.9. The quantitative estimate of drug-likeness (QED) is 0.0783. The van der Waals surface area contributed by atoms with Crippen LogP contribution in [0.4, 0.5) is 5.95 Å². The van der Waals surface area contributed by atoms with Gasteiger partial charge in [0.2, 0.25) is 5.95 Å². The van der Waals surface area contributed by atoms with E-state index in [2.05, 4.69) is 15.0 Å². The molecule has 14 nitrogen and oxygen atoms in total. The second-order valence-corrected chi connectivity index (χ2v) is 22.3. The molecule has 53 heavy (non-hydrogen) atoms. The van der Waals surface area contributed by atoms with Gasteiger partial charge in [0.25, 0.3) is 17.9 Å². The Morgan fingerprint density at radius 1 is 0.943 bits per heavy atom. The Hall–Kier alpha value is -3.53. The predicted molar refractivity (Wildman–Crippen MR) is 208 cm³/mol. The number of hydrogen-bond donors (Lipinski definition) is 3. The summed E-state index contributed by atoms with van der Waals surface area (Å²) < 4.78 is 44.4. The van der Waals surface area contributed by atoms with Crippen LogP contribution in [0, 0.1) is 0 Å². The lowest BCUT2D eigenvalue weighted by molar-refractivity contribution is -0.0899. The van der Waals surface area contributed by atoms with Crippen molar-refractivity contribution in [2.75, 3.05) is 39.8 Å². The molecule has 5 aromatic rings. The lowest BCUT2D eigenvalue weighted by Crippen LogP contribution is -2.38. The summed E-state index contributed by atoms with van der Waals surface area (Å²) in [5.41, 5.74) is 6.94. The SMILES string of the molecule is CCOP(=S)(OCC)P(O)(=S)O[C@H]1C[C@H](n2cnc3c(=O)[nH]c(N)nc32)O[C@@H]1COC(c1ccccc1)(c1ccc(OC)cc1)c1ccc(OC)cc1. The zero-order valence-electron chi connectivity index (χ0n) is 29.5. The minimum atomic E-state index is -3.92. The number of rotatable bonds is 16. The molecule has 1 saturated heterocycles. The number of nitrogen functional groups attached to an aromatic ring is 1. The molecule has 3 heterocycles. The first kappa shape index (κ1) is 39.2. The maximum atomic E-state index is 12.6. The topological polar surface area (TPSA) is 174 Å². The third-order valence-corrected chi connectivity index (χ3v) is 19.7. The lowest BCUT2D eigenvalue weighted by Gasteiger charge is -2.37. The number of aromatic amines is 1. The molecular weight excluding hydrogens is 760 g/mol. The van der Waals surface area contributed by atoms with Crippen LogP contribution in [0.15, 0.2) is 90.0 Å². The second kappa shape index (κ2) is 16.5. The molecule has 1 aliphatic rings. The van der Waals surface area contributed by atoms with Gasteiger partial charge in [-0.2, -0.15) is 4.98 Å². The molecule has 1 unspecified atom stereocenters. The zero-order chi connectivity index (χ0) is 37.8. The van der Waals surface area contributed by atoms with Crippen molar-refractivity contribution in [1.82, 2.24) is 19.5 Å². The Bertz CT molecular complexity index is 2110. The highest BCUT2D eigenvalue weighted by Crippen LogP contribution is 2.82. The Labute approximate surface area is 316 Å². The molecule has 0 radical (unpaired) electrons. The van der Waals surface area contributed by atoms with E-state index in [0.717, 1.165) is 16.7 Å². The zero-order valence-corrected chi connectivity index (χ0v) is 32.9. The molecule has 2 aromatic heterocycles. The third kappa shape index (κ3) is 7.85. The van der Waals surface area contributed by atoms with Gasteiger partial charge in [0, 0.05) is 6.42 Å². The fourth-order valence-corrected chi connectivity index (χ4v) is 12.5. The van der Waals surface area contributed by atoms with Crippen LogP contribution in [-0.4, -0.2) is 70.7 Å². The van der Waals surface area contributed by atoms with Gasteiger partial charge in [-0.3, -0.25) is 14.3 Å². The van der Waals surface area contributed by atoms with Gasteiger partial charge in [-0.15, -0.1) is 0 Å². The number of nitrogens with one attached hydrogen (secondary N) is 1. The highest BCUT2D eigenvalue weighted by molar-refractivity contribution is 8.60. The number of ether oxygens (including phenoxy) is 4. The third-order valence-electron chi connectivity index (χ3n) is 8.75. The summed E-state index contributed by atoms with van der Waals surface area (Å²) in [6, 6.07) is 25.0. The molecule has 3 aromatic carbocycles. The number of anilines is 1. The molecule has 282 valence electrons. The number of aromatic nitrogens is 4. The molecule has 0 bridgehead atoms. The maximum absolute atomic E-state index is 12.6. The van der Waals surface area contributed by atoms with Crippen molar-refractivity contribution in [1.29, 1.82) is 0 Å². The summed E-state index contributed by atoms with van der Waals surface area (Å²) in [5, 5.41) is 0. The van der Waals surface area contributed by atoms with Gasteiger partial charge < -0.3 is 43.1 Å². The summed E-state index contributed by atoms with van der Waals surface area (Å²) >= 11 is 11.4. The lowest BCUT2D eigenvalue weighted by atomic mass is 9.80. The molecule has 4 N–H and O–H groups in total. The highest BCUT2D eigenvalue weighted by atomic mass is 32.8. The van der Waals surface area contributed by atoms with Gasteiger partial charge in [-0.05, 0) is 78.4 Å². The molecule has 0 amide bonds. The molecule has 18 heteroatoms. The molecule has 0 spiro atoms. The van der Waals surface area contributed by atoms with Gasteiger partial charge in [-0.1, -0.05) is 54.6 Å². The number of hydrogen-bond acceptors (Lipinski definition) is 13. The minimum absolute atomic E-state index is 0.0711. The molecular formula is C35H41N5O9P2S2. The van der Waals surface area contributed by atoms with Crippen molar-refractivity contribution in [2.24, 2.45) is 0 Å². The highest BCUT2D eigenvalue weighted by Gasteiger charge is 2.48. The molecule has 1 fully saturated rings. The van der Waals surface area contributed by atoms with Crippen LogP contribution < -0.4 is 20.8 Å². The first-order valence-corrected chi connectivity index (χ1v) is 22.8. The second-order valence-electron chi connectivity index (χ2n) is 11.9. The Kier molecular flexibility index (Phi) is 12.2. The van der Waals surface area contributed by atoms with E-state index in [4.69, 9.17) is 61.9 Å². The molecule has 4 atom stereocenters. The summed E-state index contributed by atoms with van der Waals surface area (Å²) in [7, 11) is 3.22. The van der Waals surface area contributed by atoms with Gasteiger partial charge >= 0.3 is 0 Å². The fourth-order valence-electron chi connectivity index (χ4n) is 6.31. The summed E-state index contributed by atoms with van der Waals surface area (Å²) in [5.74, 6) is 1.27. The van der Waals surface area contributed by atoms with Gasteiger partial charge in [0.05, 0.1) is 46.5 Å². The van der Waals surface area contributed by atoms with Crippen molar-refractivity contribution in [3.8, 4) is 11.5 Å². The first-order valence-electron chi connectivity index (χ1n) is 16.8. The minimum Gasteiger partial charge on any atom is -0.497 e. The van der Waals surface area contributed by atoms with Crippen molar-refractivity contribution in [3.05, 3.63) is 112 Å². The van der Waals surface area contributed by atoms with Crippen molar-refractivity contribution in [2.45, 2.75) is 44.3 Å². The Balaban J connectivity index is 1.45. The van der Waals surface area contributed by atoms with Crippen LogP contribution >= 0.6 is 12.4 Å². The van der Waals surface area contributed by atoms with Crippen LogP contribution in [0.1, 0.15) is 43.2 Å². The maximum Gasteiger partial charge on any atom is 0.280 e. The number of nitrogens with two attached hydrogens (primary N) is 1. The molecule has 1 aliphatic heterocycles. The number of methoxy groups -OCH3 is 2. The number of fused-ring (bicyclic) bond motifs is 1. The monoisotopic (exact) mass is 801 g/mol. The van der Waals surface area contributed by atoms with E-state index < -0.39 is 42.0 Å². The van der Waals surface area contributed by atoms with E-state index >= 15 is 0 Å². The summed E-state index contributed by atoms with van der Waals surface area (Å²) in [6.07, 6.45) is -8.31. The number of benzene rings is 3. The Morgan fingerprint density at radius 2 is 1.51 bits per heavy atom. The predicted octanol–water partition coefficient (Wildman–Crippen LogP) is 6.00. The van der Waals surface area contributed by atoms with Crippen LogP contribution in [0.3, 0.4) is 0 Å². The van der Waals surface area contributed by atoms with E-state index in [-0.39, 0.29) is 43.4 Å². The van der Waals surface area contributed by atoms with E-state index in [0.29, 0.717) is 11.5 Å². The van der Waals surface area contributed by atoms with Gasteiger partial charge in [0.15, 0.2) is 11.2 Å². The van der Waals surface area contributed by atoms with Gasteiger partial charge in [-0.25, -0.2) is 4.98 Å². The largest absolute Gasteiger partial charge is 0.497 e. The standard InChI is InChI=1S/C35H41N5O9P2S2/c1-5-46-51(53,47-6-2)50(42,52)49-28-20-30(40-22-37-31-32(40)38-34(36)39-33(31)41)48-29(28)21-45-35(23-10-8-7-9-11-23,24-12-16-26(43-3)17-13-24)25-14-18-27(44-4)19-15-25/h7-19,22,28-30H,5-6,20-21H2,1-4H3,(H,42,52)(H3,36,38,39,41)/t28-,29+,30+,50?/m0/s1. The molecule has 0 saturated carbocycles. The van der Waals surface area contributed by atoms with Gasteiger partial charge in [0.1, 0.15) is 29.4 Å². The average molecular weight is 802 g/mol. The summed E-state index contributed by atoms with van der Waals surface area (Å²) in [4.78, 5) is 35.5. The molecule has 6 rings (SSSR count). The smallest absolute Gasteiger partial charge is 0.280 e. The van der Waals surface area contributed by atoms with Crippen LogP contribution in [-0.2, 0) is 52.3 Å². The van der Waals surface area contributed by atoms with Crippen molar-refractivity contribution >= 4 is 53.1 Å². The van der Waals surface area contributed by atoms with Crippen LogP contribution in [0.25, 0.3) is 11.2 Å². The number of nitrogens with zero attached hydrogens (tertiary/aromatic N) is 3. The number of imidazole rings is 1. The number of H-pyrrole nitrogens is 1. The average Bonchev–Trinajstić information content (AvgIpc) is 3.76. The molecule has 0 aliphatic carbocycles.